The predicted molar refractivity (Wildman–Crippen MR) is 112 cm³/mol. The number of benzene rings is 3. The third-order valence-corrected chi connectivity index (χ3v) is 5.38. The number of nitrogens with one attached hydrogen (secondary N) is 1. The molecule has 4 rings (SSSR count). The number of ether oxygens (including phenoxy) is 1. The number of para-hydroxylation sites is 1. The van der Waals surface area contributed by atoms with Gasteiger partial charge in [0.2, 0.25) is 0 Å². The van der Waals surface area contributed by atoms with Crippen LogP contribution in [0.2, 0.25) is 0 Å². The Labute approximate surface area is 165 Å². The number of piperazine rings is 1. The largest absolute Gasteiger partial charge is 0.504 e. The van der Waals surface area contributed by atoms with Crippen molar-refractivity contribution in [3.8, 4) is 11.5 Å². The zero-order valence-corrected chi connectivity index (χ0v) is 16.1. The van der Waals surface area contributed by atoms with Crippen molar-refractivity contribution in [2.45, 2.75) is 6.54 Å². The maximum atomic E-state index is 10.2. The van der Waals surface area contributed by atoms with Gasteiger partial charge in [-0.2, -0.15) is 5.10 Å². The Bertz CT molecular complexity index is 973. The molecule has 5 nitrogen and oxygen atoms in total. The van der Waals surface area contributed by atoms with Gasteiger partial charge < -0.3 is 14.7 Å². The van der Waals surface area contributed by atoms with Crippen molar-refractivity contribution in [2.24, 2.45) is 5.10 Å². The van der Waals surface area contributed by atoms with E-state index in [1.54, 1.807) is 24.3 Å². The quantitative estimate of drug-likeness (QED) is 0.672. The molecule has 0 aromatic heterocycles. The summed E-state index contributed by atoms with van der Waals surface area (Å²) >= 11 is 0. The molecule has 1 aliphatic heterocycles. The third kappa shape index (κ3) is 3.94. The number of phenols is 1. The molecule has 1 saturated heterocycles. The summed E-state index contributed by atoms with van der Waals surface area (Å²) < 4.78 is 5.15. The number of fused-ring (bicyclic) bond motifs is 1. The van der Waals surface area contributed by atoms with Crippen LogP contribution in [-0.2, 0) is 6.54 Å². The van der Waals surface area contributed by atoms with E-state index in [0.717, 1.165) is 32.7 Å². The summed E-state index contributed by atoms with van der Waals surface area (Å²) in [6, 6.07) is 20.6. The molecule has 1 fully saturated rings. The summed E-state index contributed by atoms with van der Waals surface area (Å²) in [7, 11) is 1.55. The first-order valence-electron chi connectivity index (χ1n) is 9.69. The first kappa shape index (κ1) is 18.3. The summed E-state index contributed by atoms with van der Waals surface area (Å²) in [5.41, 5.74) is 2.08. The van der Waals surface area contributed by atoms with Gasteiger partial charge in [-0.1, -0.05) is 48.5 Å². The van der Waals surface area contributed by atoms with Gasteiger partial charge in [-0.25, -0.2) is 0 Å². The number of nitrogens with zero attached hydrogens (tertiary/aromatic N) is 2. The van der Waals surface area contributed by atoms with E-state index in [1.807, 2.05) is 12.1 Å². The van der Waals surface area contributed by atoms with Crippen LogP contribution in [0.1, 0.15) is 11.1 Å². The van der Waals surface area contributed by atoms with Gasteiger partial charge in [0.25, 0.3) is 0 Å². The minimum atomic E-state index is 0.133. The molecule has 0 bridgehead atoms. The van der Waals surface area contributed by atoms with Crippen LogP contribution in [0.15, 0.2) is 65.8 Å². The Hall–Kier alpha value is -3.05. The van der Waals surface area contributed by atoms with Crippen LogP contribution < -0.4 is 9.64 Å². The second-order valence-corrected chi connectivity index (χ2v) is 7.16. The number of rotatable bonds is 5. The predicted octanol–water partition coefficient (Wildman–Crippen LogP) is 2.29. The molecule has 0 unspecified atom stereocenters. The van der Waals surface area contributed by atoms with Gasteiger partial charge in [0.05, 0.1) is 39.5 Å². The van der Waals surface area contributed by atoms with Gasteiger partial charge in [-0.15, -0.1) is 0 Å². The van der Waals surface area contributed by atoms with Crippen LogP contribution in [-0.4, -0.2) is 49.6 Å². The molecular formula is C23H26N3O2+. The molecule has 0 saturated carbocycles. The maximum absolute atomic E-state index is 10.2. The van der Waals surface area contributed by atoms with Crippen molar-refractivity contribution in [3.63, 3.8) is 0 Å². The van der Waals surface area contributed by atoms with E-state index in [-0.39, 0.29) is 5.75 Å². The Balaban J connectivity index is 1.37. The summed E-state index contributed by atoms with van der Waals surface area (Å²) in [4.78, 5) is 1.58. The molecule has 3 aromatic carbocycles. The van der Waals surface area contributed by atoms with Crippen LogP contribution >= 0.6 is 0 Å². The number of hydrogen-bond acceptors (Lipinski definition) is 4. The fourth-order valence-electron chi connectivity index (χ4n) is 3.77. The first-order chi connectivity index (χ1) is 13.7. The zero-order valence-electron chi connectivity index (χ0n) is 16.1. The van der Waals surface area contributed by atoms with Gasteiger partial charge in [0, 0.05) is 11.1 Å². The average Bonchev–Trinajstić information content (AvgIpc) is 2.74. The van der Waals surface area contributed by atoms with Crippen molar-refractivity contribution in [3.05, 3.63) is 71.8 Å². The molecule has 0 amide bonds. The average molecular weight is 376 g/mol. The topological polar surface area (TPSA) is 49.5 Å². The van der Waals surface area contributed by atoms with E-state index in [9.17, 15) is 5.11 Å². The second kappa shape index (κ2) is 8.31. The van der Waals surface area contributed by atoms with E-state index in [0.29, 0.717) is 11.3 Å². The van der Waals surface area contributed by atoms with Gasteiger partial charge in [0.15, 0.2) is 11.5 Å². The minimum Gasteiger partial charge on any atom is -0.504 e. The maximum Gasteiger partial charge on any atom is 0.166 e. The lowest BCUT2D eigenvalue weighted by atomic mass is 10.0. The van der Waals surface area contributed by atoms with Gasteiger partial charge in [-0.05, 0) is 22.9 Å². The van der Waals surface area contributed by atoms with Crippen molar-refractivity contribution in [1.29, 1.82) is 0 Å². The standard InChI is InChI=1S/C23H25N3O2/c1-28-22-11-5-8-19(23(22)27)16-24-26-14-12-25(13-15-26)17-20-9-4-7-18-6-2-3-10-21(18)20/h2-11,16,27H,12-15,17H2,1H3/p+1/b24-16+. The SMILES string of the molecule is COc1cccc(/C=N/N2CC[NH+](Cc3cccc4ccccc34)CC2)c1O. The molecule has 1 aliphatic rings. The van der Waals surface area contributed by atoms with E-state index in [2.05, 4.69) is 52.6 Å². The second-order valence-electron chi connectivity index (χ2n) is 7.16. The number of methoxy groups -OCH3 is 1. The molecule has 0 radical (unpaired) electrons. The number of hydrogen-bond donors (Lipinski definition) is 2. The number of aromatic hydroxyl groups is 1. The van der Waals surface area contributed by atoms with Crippen LogP contribution in [0.3, 0.4) is 0 Å². The third-order valence-electron chi connectivity index (χ3n) is 5.38. The van der Waals surface area contributed by atoms with Crippen molar-refractivity contribution in [2.75, 3.05) is 33.3 Å². The highest BCUT2D eigenvalue weighted by atomic mass is 16.5. The van der Waals surface area contributed by atoms with Crippen molar-refractivity contribution >= 4 is 17.0 Å². The van der Waals surface area contributed by atoms with Crippen LogP contribution in [0.25, 0.3) is 10.8 Å². The Morgan fingerprint density at radius 1 is 1.04 bits per heavy atom. The highest BCUT2D eigenvalue weighted by molar-refractivity contribution is 5.85. The number of phenolic OH excluding ortho intramolecular Hbond substituents is 1. The Morgan fingerprint density at radius 2 is 1.79 bits per heavy atom. The molecular weight excluding hydrogens is 350 g/mol. The molecule has 0 atom stereocenters. The summed E-state index contributed by atoms with van der Waals surface area (Å²) in [5.74, 6) is 0.599. The molecule has 28 heavy (non-hydrogen) atoms. The van der Waals surface area contributed by atoms with Gasteiger partial charge >= 0.3 is 0 Å². The van der Waals surface area contributed by atoms with E-state index >= 15 is 0 Å². The Kier molecular flexibility index (Phi) is 5.44. The first-order valence-corrected chi connectivity index (χ1v) is 9.69. The van der Waals surface area contributed by atoms with Crippen molar-refractivity contribution in [1.82, 2.24) is 5.01 Å². The zero-order chi connectivity index (χ0) is 19.3. The van der Waals surface area contributed by atoms with E-state index in [4.69, 9.17) is 4.74 Å². The fourth-order valence-corrected chi connectivity index (χ4v) is 3.77. The van der Waals surface area contributed by atoms with Crippen LogP contribution in [0.4, 0.5) is 0 Å². The van der Waals surface area contributed by atoms with Gasteiger partial charge in [0.1, 0.15) is 6.54 Å². The highest BCUT2D eigenvalue weighted by Gasteiger charge is 2.19. The van der Waals surface area contributed by atoms with Crippen LogP contribution in [0, 0.1) is 0 Å². The lowest BCUT2D eigenvalue weighted by molar-refractivity contribution is -0.918. The smallest absolute Gasteiger partial charge is 0.166 e. The lowest BCUT2D eigenvalue weighted by Gasteiger charge is -2.30. The monoisotopic (exact) mass is 376 g/mol. The van der Waals surface area contributed by atoms with Crippen molar-refractivity contribution < 1.29 is 14.7 Å². The lowest BCUT2D eigenvalue weighted by Crippen LogP contribution is -3.13. The Morgan fingerprint density at radius 3 is 2.61 bits per heavy atom. The van der Waals surface area contributed by atoms with E-state index < -0.39 is 0 Å². The summed E-state index contributed by atoms with van der Waals surface area (Å²) in [6.07, 6.45) is 1.72. The minimum absolute atomic E-state index is 0.133. The molecule has 0 spiro atoms. The number of hydrazone groups is 1. The molecule has 5 heteroatoms. The molecule has 3 aromatic rings. The fraction of sp³-hybridized carbons (Fsp3) is 0.261. The van der Waals surface area contributed by atoms with Crippen LogP contribution in [0.5, 0.6) is 11.5 Å². The van der Waals surface area contributed by atoms with E-state index in [1.165, 1.54) is 16.3 Å². The summed E-state index contributed by atoms with van der Waals surface area (Å²) in [5, 5.41) is 19.5. The molecule has 1 heterocycles. The molecule has 144 valence electrons. The normalized spacial score (nSPS) is 15.4. The molecule has 0 aliphatic carbocycles. The van der Waals surface area contributed by atoms with Gasteiger partial charge in [-0.3, -0.25) is 5.01 Å². The summed E-state index contributed by atoms with van der Waals surface area (Å²) in [6.45, 7) is 4.94. The number of quaternary nitrogens is 1. The molecule has 2 N–H and O–H groups in total. The highest BCUT2D eigenvalue weighted by Crippen LogP contribution is 2.28.